The van der Waals surface area contributed by atoms with E-state index in [1.165, 1.54) is 36.9 Å². The highest BCUT2D eigenvalue weighted by Crippen LogP contribution is 2.38. The van der Waals surface area contributed by atoms with E-state index in [4.69, 9.17) is 18.9 Å². The minimum Gasteiger partial charge on any atom is -0.465 e. The van der Waals surface area contributed by atoms with Crippen molar-refractivity contribution >= 4 is 39.0 Å². The Kier molecular flexibility index (Phi) is 5.05. The van der Waals surface area contributed by atoms with Crippen LogP contribution in [0.4, 0.5) is 15.9 Å². The average molecular weight is 443 g/mol. The van der Waals surface area contributed by atoms with Crippen LogP contribution in [0.1, 0.15) is 21.7 Å². The lowest BCUT2D eigenvalue weighted by atomic mass is 10.2. The van der Waals surface area contributed by atoms with Gasteiger partial charge in [-0.2, -0.15) is 0 Å². The SMILES string of the molecule is COC(=O)c1sc2ncnc(Nc3ccc(F)cc3OC3=CC4OCOC4C3)c2c1C. The third-order valence-corrected chi connectivity index (χ3v) is 6.38. The number of fused-ring (bicyclic) bond motifs is 2. The van der Waals surface area contributed by atoms with Crippen LogP contribution in [0.3, 0.4) is 0 Å². The summed E-state index contributed by atoms with van der Waals surface area (Å²) in [5.74, 6) is 0.573. The summed E-state index contributed by atoms with van der Waals surface area (Å²) in [7, 11) is 1.33. The number of nitrogens with zero attached hydrogens (tertiary/aromatic N) is 2. The van der Waals surface area contributed by atoms with Gasteiger partial charge in [0.1, 0.15) is 46.3 Å². The molecule has 2 atom stereocenters. The number of ether oxygens (including phenoxy) is 4. The number of methoxy groups -OCH3 is 1. The number of esters is 1. The van der Waals surface area contributed by atoms with Crippen LogP contribution >= 0.6 is 11.3 Å². The van der Waals surface area contributed by atoms with Gasteiger partial charge in [-0.3, -0.25) is 0 Å². The summed E-state index contributed by atoms with van der Waals surface area (Å²) < 4.78 is 35.8. The number of hydrogen-bond acceptors (Lipinski definition) is 9. The second kappa shape index (κ2) is 7.88. The third kappa shape index (κ3) is 3.62. The number of anilines is 2. The molecule has 1 aliphatic heterocycles. The predicted molar refractivity (Wildman–Crippen MR) is 111 cm³/mol. The number of nitrogens with one attached hydrogen (secondary N) is 1. The highest BCUT2D eigenvalue weighted by atomic mass is 32.1. The predicted octanol–water partition coefficient (Wildman–Crippen LogP) is 4.08. The number of halogens is 1. The highest BCUT2D eigenvalue weighted by Gasteiger charge is 2.35. The summed E-state index contributed by atoms with van der Waals surface area (Å²) in [6.45, 7) is 2.08. The van der Waals surface area contributed by atoms with E-state index in [1.807, 2.05) is 13.0 Å². The smallest absolute Gasteiger partial charge is 0.348 e. The molecule has 2 unspecified atom stereocenters. The Hall–Kier alpha value is -3.08. The Morgan fingerprint density at radius 3 is 3.00 bits per heavy atom. The lowest BCUT2D eigenvalue weighted by Gasteiger charge is -2.14. The zero-order chi connectivity index (χ0) is 21.5. The summed E-state index contributed by atoms with van der Waals surface area (Å²) in [5.41, 5.74) is 1.23. The molecule has 10 heteroatoms. The molecule has 5 rings (SSSR count). The summed E-state index contributed by atoms with van der Waals surface area (Å²) >= 11 is 1.23. The van der Waals surface area contributed by atoms with Crippen LogP contribution in [-0.4, -0.2) is 42.0 Å². The Balaban J connectivity index is 1.49. The maximum absolute atomic E-state index is 14.0. The molecular formula is C21H18FN3O5S. The maximum atomic E-state index is 14.0. The molecule has 3 aromatic rings. The number of aryl methyl sites for hydroxylation is 1. The number of rotatable bonds is 5. The van der Waals surface area contributed by atoms with Crippen molar-refractivity contribution in [2.24, 2.45) is 0 Å². The fourth-order valence-corrected chi connectivity index (χ4v) is 4.74. The summed E-state index contributed by atoms with van der Waals surface area (Å²) in [6.07, 6.45) is 3.57. The first-order valence-corrected chi connectivity index (χ1v) is 10.4. The van der Waals surface area contributed by atoms with Crippen molar-refractivity contribution in [3.8, 4) is 5.75 Å². The first-order chi connectivity index (χ1) is 15.0. The van der Waals surface area contributed by atoms with Crippen LogP contribution in [0, 0.1) is 12.7 Å². The van der Waals surface area contributed by atoms with Crippen molar-refractivity contribution in [3.05, 3.63) is 52.6 Å². The van der Waals surface area contributed by atoms with Crippen LogP contribution in [0.25, 0.3) is 10.2 Å². The second-order valence-electron chi connectivity index (χ2n) is 7.11. The molecule has 0 saturated carbocycles. The standard InChI is InChI=1S/C21H18FN3O5S/c1-10-17-19(23-8-24-20(17)31-18(10)21(26)27-2)25-13-4-3-11(22)5-14(13)30-12-6-15-16(7-12)29-9-28-15/h3-6,8,15-16H,7,9H2,1-2H3,(H,23,24,25). The quantitative estimate of drug-likeness (QED) is 0.590. The van der Waals surface area contributed by atoms with E-state index in [2.05, 4.69) is 15.3 Å². The summed E-state index contributed by atoms with van der Waals surface area (Å²) in [4.78, 5) is 21.8. The maximum Gasteiger partial charge on any atom is 0.348 e. The van der Waals surface area contributed by atoms with Gasteiger partial charge in [-0.1, -0.05) is 0 Å². The molecule has 3 heterocycles. The van der Waals surface area contributed by atoms with E-state index in [1.54, 1.807) is 6.07 Å². The molecule has 1 fully saturated rings. The van der Waals surface area contributed by atoms with Crippen LogP contribution < -0.4 is 10.1 Å². The van der Waals surface area contributed by atoms with Crippen LogP contribution in [0.15, 0.2) is 36.4 Å². The zero-order valence-electron chi connectivity index (χ0n) is 16.7. The summed E-state index contributed by atoms with van der Waals surface area (Å²) in [5, 5.41) is 3.89. The van der Waals surface area contributed by atoms with Crippen LogP contribution in [0.5, 0.6) is 5.75 Å². The van der Waals surface area contributed by atoms with Gasteiger partial charge >= 0.3 is 5.97 Å². The molecule has 31 heavy (non-hydrogen) atoms. The molecule has 0 radical (unpaired) electrons. The van der Waals surface area contributed by atoms with Gasteiger partial charge in [-0.15, -0.1) is 11.3 Å². The highest BCUT2D eigenvalue weighted by molar-refractivity contribution is 7.20. The number of thiophene rings is 1. The van der Waals surface area contributed by atoms with E-state index in [9.17, 15) is 9.18 Å². The lowest BCUT2D eigenvalue weighted by Crippen LogP contribution is -2.14. The molecule has 8 nitrogen and oxygen atoms in total. The van der Waals surface area contributed by atoms with E-state index in [-0.39, 0.29) is 19.0 Å². The van der Waals surface area contributed by atoms with Gasteiger partial charge in [0.2, 0.25) is 0 Å². The number of aromatic nitrogens is 2. The molecule has 1 aromatic carbocycles. The second-order valence-corrected chi connectivity index (χ2v) is 8.11. The van der Waals surface area contributed by atoms with Gasteiger partial charge in [0, 0.05) is 12.5 Å². The molecule has 0 spiro atoms. The monoisotopic (exact) mass is 443 g/mol. The summed E-state index contributed by atoms with van der Waals surface area (Å²) in [6, 6.07) is 4.21. The molecule has 1 N–H and O–H groups in total. The molecule has 2 aliphatic rings. The van der Waals surface area contributed by atoms with E-state index < -0.39 is 11.8 Å². The Morgan fingerprint density at radius 2 is 2.19 bits per heavy atom. The molecular weight excluding hydrogens is 425 g/mol. The first kappa shape index (κ1) is 19.9. The largest absolute Gasteiger partial charge is 0.465 e. The zero-order valence-corrected chi connectivity index (χ0v) is 17.5. The van der Waals surface area contributed by atoms with E-state index in [0.29, 0.717) is 50.1 Å². The van der Waals surface area contributed by atoms with Gasteiger partial charge in [0.15, 0.2) is 5.75 Å². The van der Waals surface area contributed by atoms with E-state index >= 15 is 0 Å². The minimum atomic E-state index is -0.431. The Morgan fingerprint density at radius 1 is 1.32 bits per heavy atom. The van der Waals surface area contributed by atoms with Crippen molar-refractivity contribution in [1.82, 2.24) is 9.97 Å². The number of benzene rings is 1. The molecule has 2 aromatic heterocycles. The van der Waals surface area contributed by atoms with Gasteiger partial charge < -0.3 is 24.3 Å². The fraction of sp³-hybridized carbons (Fsp3) is 0.286. The number of hydrogen-bond donors (Lipinski definition) is 1. The molecule has 160 valence electrons. The van der Waals surface area contributed by atoms with Crippen molar-refractivity contribution < 1.29 is 28.1 Å². The molecule has 0 amide bonds. The van der Waals surface area contributed by atoms with Crippen LogP contribution in [-0.2, 0) is 14.2 Å². The van der Waals surface area contributed by atoms with Gasteiger partial charge in [-0.05, 0) is 30.7 Å². The van der Waals surface area contributed by atoms with Gasteiger partial charge in [0.25, 0.3) is 0 Å². The Bertz CT molecular complexity index is 1210. The first-order valence-electron chi connectivity index (χ1n) is 9.54. The normalized spacial score (nSPS) is 19.9. The topological polar surface area (TPSA) is 91.8 Å². The van der Waals surface area contributed by atoms with Crippen molar-refractivity contribution in [2.45, 2.75) is 25.6 Å². The van der Waals surface area contributed by atoms with Gasteiger partial charge in [0.05, 0.1) is 24.3 Å². The molecule has 1 saturated heterocycles. The van der Waals surface area contributed by atoms with Crippen molar-refractivity contribution in [2.75, 3.05) is 19.2 Å². The number of carbonyl (C=O) groups excluding carboxylic acids is 1. The molecule has 1 aliphatic carbocycles. The van der Waals surface area contributed by atoms with Crippen LogP contribution in [0.2, 0.25) is 0 Å². The van der Waals surface area contributed by atoms with Crippen molar-refractivity contribution in [3.63, 3.8) is 0 Å². The van der Waals surface area contributed by atoms with Crippen molar-refractivity contribution in [1.29, 1.82) is 0 Å². The average Bonchev–Trinajstić information content (AvgIpc) is 3.43. The number of carbonyl (C=O) groups is 1. The molecule has 0 bridgehead atoms. The third-order valence-electron chi connectivity index (χ3n) is 5.20. The minimum absolute atomic E-state index is 0.0772. The Labute approximate surface area is 180 Å². The lowest BCUT2D eigenvalue weighted by molar-refractivity contribution is 0.0385. The fourth-order valence-electron chi connectivity index (χ4n) is 3.67. The van der Waals surface area contributed by atoms with E-state index in [0.717, 1.165) is 0 Å². The van der Waals surface area contributed by atoms with Gasteiger partial charge in [-0.25, -0.2) is 19.2 Å².